The zero-order valence-electron chi connectivity index (χ0n) is 16.3. The van der Waals surface area contributed by atoms with Gasteiger partial charge in [-0.3, -0.25) is 4.79 Å². The van der Waals surface area contributed by atoms with Gasteiger partial charge in [0, 0.05) is 13.0 Å². The number of ether oxygens (including phenoxy) is 1. The Kier molecular flexibility index (Phi) is 7.21. The number of hydrogen-bond donors (Lipinski definition) is 4. The third kappa shape index (κ3) is 7.98. The Morgan fingerprint density at radius 1 is 1.07 bits per heavy atom. The predicted molar refractivity (Wildman–Crippen MR) is 99.4 cm³/mol. The summed E-state index contributed by atoms with van der Waals surface area (Å²) in [7, 11) is 0. The Morgan fingerprint density at radius 3 is 2.11 bits per heavy atom. The number of rotatable bonds is 7. The first-order chi connectivity index (χ1) is 12.3. The van der Waals surface area contributed by atoms with Crippen molar-refractivity contribution in [3.8, 4) is 5.75 Å². The summed E-state index contributed by atoms with van der Waals surface area (Å²) in [6.45, 7) is 8.36. The van der Waals surface area contributed by atoms with E-state index in [1.807, 2.05) is 0 Å². The molecule has 2 amide bonds. The van der Waals surface area contributed by atoms with Crippen LogP contribution in [0.15, 0.2) is 24.3 Å². The summed E-state index contributed by atoms with van der Waals surface area (Å²) in [6, 6.07) is 4.94. The van der Waals surface area contributed by atoms with Crippen molar-refractivity contribution in [3.05, 3.63) is 29.8 Å². The van der Waals surface area contributed by atoms with E-state index >= 15 is 0 Å². The van der Waals surface area contributed by atoms with Gasteiger partial charge in [0.15, 0.2) is 0 Å². The molecule has 0 fully saturated rings. The Labute approximate surface area is 158 Å². The summed E-state index contributed by atoms with van der Waals surface area (Å²) >= 11 is 0. The number of aliphatic carboxylic acids is 1. The van der Waals surface area contributed by atoms with E-state index in [4.69, 9.17) is 4.74 Å². The largest absolute Gasteiger partial charge is 0.508 e. The van der Waals surface area contributed by atoms with Crippen molar-refractivity contribution in [1.82, 2.24) is 10.6 Å². The molecule has 0 saturated carbocycles. The number of amides is 2. The van der Waals surface area contributed by atoms with Crippen LogP contribution in [0.3, 0.4) is 0 Å². The van der Waals surface area contributed by atoms with Gasteiger partial charge in [-0.25, -0.2) is 9.59 Å². The molecule has 0 saturated heterocycles. The number of carboxylic acid groups (broad SMARTS) is 1. The second-order valence-corrected chi connectivity index (χ2v) is 7.97. The van der Waals surface area contributed by atoms with Crippen LogP contribution in [0.4, 0.5) is 4.79 Å². The first-order valence-corrected chi connectivity index (χ1v) is 8.59. The van der Waals surface area contributed by atoms with Gasteiger partial charge in [0.05, 0.1) is 5.41 Å². The maximum Gasteiger partial charge on any atom is 0.407 e. The van der Waals surface area contributed by atoms with Crippen LogP contribution in [0.2, 0.25) is 0 Å². The normalized spacial score (nSPS) is 12.8. The van der Waals surface area contributed by atoms with Gasteiger partial charge in [-0.1, -0.05) is 12.1 Å². The standard InChI is InChI=1S/C19H28N2O6/c1-18(2,3)27-17(26)20-11-19(4,5)16(25)21-14(15(23)24)10-12-6-8-13(22)9-7-12/h6-9,14,22H,10-11H2,1-5H3,(H,20,26)(H,21,25)(H,23,24)/t14-/m0/s1. The molecule has 0 aromatic heterocycles. The molecule has 8 nitrogen and oxygen atoms in total. The Hall–Kier alpha value is -2.77. The van der Waals surface area contributed by atoms with Gasteiger partial charge >= 0.3 is 12.1 Å². The number of benzene rings is 1. The highest BCUT2D eigenvalue weighted by atomic mass is 16.6. The van der Waals surface area contributed by atoms with E-state index in [1.165, 1.54) is 12.1 Å². The summed E-state index contributed by atoms with van der Waals surface area (Å²) in [5.41, 5.74) is -1.04. The predicted octanol–water partition coefficient (Wildman–Crippen LogP) is 2.05. The highest BCUT2D eigenvalue weighted by Crippen LogP contribution is 2.16. The zero-order chi connectivity index (χ0) is 20.8. The molecule has 4 N–H and O–H groups in total. The van der Waals surface area contributed by atoms with Gasteiger partial charge in [0.2, 0.25) is 5.91 Å². The van der Waals surface area contributed by atoms with Crippen LogP contribution in [0, 0.1) is 5.41 Å². The first kappa shape index (κ1) is 22.3. The minimum absolute atomic E-state index is 0.0146. The SMILES string of the molecule is CC(C)(C)OC(=O)NCC(C)(C)C(=O)N[C@@H](Cc1ccc(O)cc1)C(=O)O. The van der Waals surface area contributed by atoms with Crippen LogP contribution < -0.4 is 10.6 Å². The highest BCUT2D eigenvalue weighted by Gasteiger charge is 2.32. The second-order valence-electron chi connectivity index (χ2n) is 7.97. The number of carboxylic acids is 1. The van der Waals surface area contributed by atoms with Gasteiger partial charge in [0.25, 0.3) is 0 Å². The molecule has 0 aliphatic carbocycles. The van der Waals surface area contributed by atoms with Crippen LogP contribution in [0.1, 0.15) is 40.2 Å². The van der Waals surface area contributed by atoms with Crippen LogP contribution in [0.25, 0.3) is 0 Å². The number of phenolic OH excluding ortho intramolecular Hbond substituents is 1. The lowest BCUT2D eigenvalue weighted by atomic mass is 9.91. The van der Waals surface area contributed by atoms with Crippen molar-refractivity contribution in [3.63, 3.8) is 0 Å². The molecule has 1 aromatic carbocycles. The molecule has 1 aromatic rings. The van der Waals surface area contributed by atoms with Crippen molar-refractivity contribution in [2.75, 3.05) is 6.54 Å². The molecular weight excluding hydrogens is 352 g/mol. The van der Waals surface area contributed by atoms with Crippen molar-refractivity contribution < 1.29 is 29.3 Å². The maximum atomic E-state index is 12.5. The molecule has 0 heterocycles. The maximum absolute atomic E-state index is 12.5. The van der Waals surface area contributed by atoms with Crippen molar-refractivity contribution in [1.29, 1.82) is 0 Å². The Morgan fingerprint density at radius 2 is 1.63 bits per heavy atom. The third-order valence-electron chi connectivity index (χ3n) is 3.67. The molecule has 27 heavy (non-hydrogen) atoms. The average molecular weight is 380 g/mol. The molecule has 0 unspecified atom stereocenters. The summed E-state index contributed by atoms with van der Waals surface area (Å²) in [5, 5.41) is 23.7. The summed E-state index contributed by atoms with van der Waals surface area (Å²) in [5.74, 6) is -1.61. The zero-order valence-corrected chi connectivity index (χ0v) is 16.3. The molecule has 150 valence electrons. The Bertz CT molecular complexity index is 676. The van der Waals surface area contributed by atoms with Crippen LogP contribution in [0.5, 0.6) is 5.75 Å². The van der Waals surface area contributed by atoms with Crippen LogP contribution in [-0.4, -0.2) is 46.4 Å². The minimum atomic E-state index is -1.17. The lowest BCUT2D eigenvalue weighted by Crippen LogP contribution is -2.51. The van der Waals surface area contributed by atoms with Crippen molar-refractivity contribution >= 4 is 18.0 Å². The quantitative estimate of drug-likeness (QED) is 0.574. The number of carbonyl (C=O) groups excluding carboxylic acids is 2. The van der Waals surface area contributed by atoms with E-state index in [2.05, 4.69) is 10.6 Å². The first-order valence-electron chi connectivity index (χ1n) is 8.59. The summed E-state index contributed by atoms with van der Waals surface area (Å²) in [6.07, 6.45) is -0.584. The second kappa shape index (κ2) is 8.75. The molecule has 0 aliphatic rings. The molecule has 0 bridgehead atoms. The van der Waals surface area contributed by atoms with Gasteiger partial charge < -0.3 is 25.6 Å². The van der Waals surface area contributed by atoms with E-state index in [1.54, 1.807) is 46.8 Å². The minimum Gasteiger partial charge on any atom is -0.508 e. The lowest BCUT2D eigenvalue weighted by molar-refractivity contribution is -0.143. The smallest absolute Gasteiger partial charge is 0.407 e. The van der Waals surface area contributed by atoms with E-state index in [0.29, 0.717) is 5.56 Å². The molecule has 0 aliphatic heterocycles. The number of hydrogen-bond acceptors (Lipinski definition) is 5. The third-order valence-corrected chi connectivity index (χ3v) is 3.67. The van der Waals surface area contributed by atoms with Gasteiger partial charge in [-0.2, -0.15) is 0 Å². The topological polar surface area (TPSA) is 125 Å². The van der Waals surface area contributed by atoms with Gasteiger partial charge in [-0.05, 0) is 52.3 Å². The van der Waals surface area contributed by atoms with Crippen molar-refractivity contribution in [2.24, 2.45) is 5.41 Å². The lowest BCUT2D eigenvalue weighted by Gasteiger charge is -2.27. The van der Waals surface area contributed by atoms with Crippen molar-refractivity contribution in [2.45, 2.75) is 52.7 Å². The Balaban J connectivity index is 2.69. The van der Waals surface area contributed by atoms with E-state index in [-0.39, 0.29) is 18.7 Å². The van der Waals surface area contributed by atoms with Gasteiger partial charge in [-0.15, -0.1) is 0 Å². The average Bonchev–Trinajstić information content (AvgIpc) is 2.52. The fraction of sp³-hybridized carbons (Fsp3) is 0.526. The number of aromatic hydroxyl groups is 1. The molecule has 1 atom stereocenters. The van der Waals surface area contributed by atoms with E-state index in [0.717, 1.165) is 0 Å². The fourth-order valence-corrected chi connectivity index (χ4v) is 2.11. The highest BCUT2D eigenvalue weighted by molar-refractivity contribution is 5.87. The molecule has 0 radical (unpaired) electrons. The number of alkyl carbamates (subject to hydrolysis) is 1. The monoisotopic (exact) mass is 380 g/mol. The molecule has 1 rings (SSSR count). The van der Waals surface area contributed by atoms with Crippen LogP contribution >= 0.6 is 0 Å². The van der Waals surface area contributed by atoms with Gasteiger partial charge in [0.1, 0.15) is 17.4 Å². The number of nitrogens with one attached hydrogen (secondary N) is 2. The van der Waals surface area contributed by atoms with E-state index in [9.17, 15) is 24.6 Å². The molecule has 8 heteroatoms. The summed E-state index contributed by atoms with van der Waals surface area (Å²) in [4.78, 5) is 35.8. The molecule has 0 spiro atoms. The number of phenols is 1. The van der Waals surface area contributed by atoms with Crippen LogP contribution in [-0.2, 0) is 20.7 Å². The summed E-state index contributed by atoms with van der Waals surface area (Å²) < 4.78 is 5.12. The fourth-order valence-electron chi connectivity index (χ4n) is 2.11. The number of carbonyl (C=O) groups is 3. The molecular formula is C19H28N2O6. The van der Waals surface area contributed by atoms with E-state index < -0.39 is 35.0 Å².